The number of ether oxygens (including phenoxy) is 1. The van der Waals surface area contributed by atoms with Gasteiger partial charge in [-0.2, -0.15) is 4.31 Å². The van der Waals surface area contributed by atoms with Crippen molar-refractivity contribution in [1.29, 1.82) is 0 Å². The highest BCUT2D eigenvalue weighted by molar-refractivity contribution is 7.89. The summed E-state index contributed by atoms with van der Waals surface area (Å²) in [6.07, 6.45) is 0. The van der Waals surface area contributed by atoms with Gasteiger partial charge in [-0.05, 0) is 26.0 Å². The molecule has 0 spiro atoms. The van der Waals surface area contributed by atoms with Crippen molar-refractivity contribution in [3.8, 4) is 0 Å². The van der Waals surface area contributed by atoms with Crippen molar-refractivity contribution >= 4 is 15.9 Å². The van der Waals surface area contributed by atoms with Gasteiger partial charge in [0.25, 0.3) is 15.9 Å². The van der Waals surface area contributed by atoms with Crippen LogP contribution in [0, 0.1) is 13.8 Å². The Balaban J connectivity index is 1.69. The number of hydrogen-bond acceptors (Lipinski definition) is 7. The van der Waals surface area contributed by atoms with E-state index in [-0.39, 0.29) is 30.5 Å². The third-order valence-corrected chi connectivity index (χ3v) is 5.75. The van der Waals surface area contributed by atoms with Gasteiger partial charge in [0.2, 0.25) is 5.09 Å². The van der Waals surface area contributed by atoms with Crippen LogP contribution in [0.4, 0.5) is 0 Å². The van der Waals surface area contributed by atoms with Crippen molar-refractivity contribution < 1.29 is 26.9 Å². The summed E-state index contributed by atoms with van der Waals surface area (Å²) in [5.74, 6) is 0.0369. The average molecular weight is 369 g/mol. The second-order valence-corrected chi connectivity index (χ2v) is 7.49. The molecule has 2 aromatic heterocycles. The van der Waals surface area contributed by atoms with Crippen LogP contribution >= 0.6 is 0 Å². The second kappa shape index (κ2) is 6.98. The number of sulfonamides is 1. The third kappa shape index (κ3) is 3.60. The van der Waals surface area contributed by atoms with Gasteiger partial charge in [-0.3, -0.25) is 4.79 Å². The molecule has 3 heterocycles. The van der Waals surface area contributed by atoms with Gasteiger partial charge in [0, 0.05) is 25.2 Å². The SMILES string of the molecule is Cc1noc(C)c1CNC(=O)c1ccc(S(=O)(=O)N2CCOCC2)o1. The molecule has 9 nitrogen and oxygen atoms in total. The summed E-state index contributed by atoms with van der Waals surface area (Å²) in [7, 11) is -3.76. The van der Waals surface area contributed by atoms with Crippen LogP contribution in [0.25, 0.3) is 0 Å². The first-order valence-electron chi connectivity index (χ1n) is 7.77. The number of nitrogens with zero attached hydrogens (tertiary/aromatic N) is 2. The highest BCUT2D eigenvalue weighted by Crippen LogP contribution is 2.20. The largest absolute Gasteiger partial charge is 0.438 e. The fraction of sp³-hybridized carbons (Fsp3) is 0.467. The van der Waals surface area contributed by atoms with Crippen molar-refractivity contribution in [2.75, 3.05) is 26.3 Å². The molecule has 0 aliphatic carbocycles. The lowest BCUT2D eigenvalue weighted by Gasteiger charge is -2.24. The van der Waals surface area contributed by atoms with Gasteiger partial charge in [-0.25, -0.2) is 8.42 Å². The number of hydrogen-bond donors (Lipinski definition) is 1. The van der Waals surface area contributed by atoms with Gasteiger partial charge in [0.1, 0.15) is 5.76 Å². The Bertz CT molecular complexity index is 844. The van der Waals surface area contributed by atoms with Crippen LogP contribution in [0.5, 0.6) is 0 Å². The number of carbonyl (C=O) groups is 1. The maximum Gasteiger partial charge on any atom is 0.287 e. The quantitative estimate of drug-likeness (QED) is 0.830. The zero-order valence-electron chi connectivity index (χ0n) is 13.9. The van der Waals surface area contributed by atoms with E-state index in [9.17, 15) is 13.2 Å². The molecule has 1 saturated heterocycles. The predicted octanol–water partition coefficient (Wildman–Crippen LogP) is 0.835. The Morgan fingerprint density at radius 3 is 2.64 bits per heavy atom. The number of amides is 1. The van der Waals surface area contributed by atoms with Gasteiger partial charge < -0.3 is 19.0 Å². The fourth-order valence-electron chi connectivity index (χ4n) is 2.51. The Labute approximate surface area is 145 Å². The van der Waals surface area contributed by atoms with E-state index in [4.69, 9.17) is 13.7 Å². The number of rotatable bonds is 5. The van der Waals surface area contributed by atoms with E-state index in [1.165, 1.54) is 16.4 Å². The first kappa shape index (κ1) is 17.6. The van der Waals surface area contributed by atoms with E-state index in [1.54, 1.807) is 13.8 Å². The van der Waals surface area contributed by atoms with Crippen LogP contribution in [0.1, 0.15) is 27.6 Å². The molecule has 0 saturated carbocycles. The number of aryl methyl sites for hydroxylation is 2. The van der Waals surface area contributed by atoms with E-state index in [0.29, 0.717) is 24.7 Å². The predicted molar refractivity (Wildman–Crippen MR) is 85.4 cm³/mol. The number of aromatic nitrogens is 1. The molecular weight excluding hydrogens is 350 g/mol. The Morgan fingerprint density at radius 1 is 1.28 bits per heavy atom. The monoisotopic (exact) mass is 369 g/mol. The summed E-state index contributed by atoms with van der Waals surface area (Å²) in [6.45, 7) is 4.94. The van der Waals surface area contributed by atoms with Crippen molar-refractivity contribution in [2.24, 2.45) is 0 Å². The lowest BCUT2D eigenvalue weighted by atomic mass is 10.2. The van der Waals surface area contributed by atoms with Crippen molar-refractivity contribution in [3.05, 3.63) is 34.9 Å². The molecule has 25 heavy (non-hydrogen) atoms. The van der Waals surface area contributed by atoms with Gasteiger partial charge in [-0.1, -0.05) is 5.16 Å². The van der Waals surface area contributed by atoms with Gasteiger partial charge in [0.05, 0.1) is 18.9 Å². The van der Waals surface area contributed by atoms with Crippen LogP contribution in [0.3, 0.4) is 0 Å². The number of nitrogens with one attached hydrogen (secondary N) is 1. The fourth-order valence-corrected chi connectivity index (χ4v) is 3.82. The van der Waals surface area contributed by atoms with E-state index in [2.05, 4.69) is 10.5 Å². The summed E-state index contributed by atoms with van der Waals surface area (Å²) in [5.41, 5.74) is 1.47. The summed E-state index contributed by atoms with van der Waals surface area (Å²) < 4.78 is 41.7. The molecule has 0 aromatic carbocycles. The molecule has 0 radical (unpaired) electrons. The van der Waals surface area contributed by atoms with E-state index in [1.807, 2.05) is 0 Å². The first-order chi connectivity index (χ1) is 11.9. The Hall–Kier alpha value is -2.17. The highest BCUT2D eigenvalue weighted by atomic mass is 32.2. The maximum atomic E-state index is 12.5. The normalized spacial score (nSPS) is 16.1. The van der Waals surface area contributed by atoms with Crippen LogP contribution in [-0.4, -0.2) is 50.1 Å². The molecule has 1 fully saturated rings. The molecule has 1 amide bonds. The lowest BCUT2D eigenvalue weighted by molar-refractivity contribution is 0.0722. The average Bonchev–Trinajstić information content (AvgIpc) is 3.22. The maximum absolute atomic E-state index is 12.5. The smallest absolute Gasteiger partial charge is 0.287 e. The van der Waals surface area contributed by atoms with Crippen LogP contribution in [-0.2, 0) is 21.3 Å². The van der Waals surface area contributed by atoms with Crippen molar-refractivity contribution in [3.63, 3.8) is 0 Å². The summed E-state index contributed by atoms with van der Waals surface area (Å²) >= 11 is 0. The summed E-state index contributed by atoms with van der Waals surface area (Å²) in [4.78, 5) is 12.2. The minimum atomic E-state index is -3.76. The number of morpholine rings is 1. The van der Waals surface area contributed by atoms with Crippen LogP contribution < -0.4 is 5.32 Å². The number of carbonyl (C=O) groups excluding carboxylic acids is 1. The molecule has 136 valence electrons. The van der Waals surface area contributed by atoms with Crippen molar-refractivity contribution in [1.82, 2.24) is 14.8 Å². The summed E-state index contributed by atoms with van der Waals surface area (Å²) in [5, 5.41) is 6.22. The topological polar surface area (TPSA) is 115 Å². The molecule has 1 aliphatic heterocycles. The van der Waals surface area contributed by atoms with Gasteiger partial charge in [0.15, 0.2) is 5.76 Å². The number of furan rings is 1. The molecule has 0 atom stereocenters. The molecule has 1 N–H and O–H groups in total. The molecule has 0 bridgehead atoms. The van der Waals surface area contributed by atoms with E-state index >= 15 is 0 Å². The molecule has 1 aliphatic rings. The molecule has 0 unspecified atom stereocenters. The summed E-state index contributed by atoms with van der Waals surface area (Å²) in [6, 6.07) is 2.63. The van der Waals surface area contributed by atoms with Gasteiger partial charge >= 0.3 is 0 Å². The Kier molecular flexibility index (Phi) is 4.93. The zero-order chi connectivity index (χ0) is 18.0. The van der Waals surface area contributed by atoms with Crippen LogP contribution in [0.2, 0.25) is 0 Å². The van der Waals surface area contributed by atoms with Crippen LogP contribution in [0.15, 0.2) is 26.2 Å². The molecule has 10 heteroatoms. The highest BCUT2D eigenvalue weighted by Gasteiger charge is 2.30. The lowest BCUT2D eigenvalue weighted by Crippen LogP contribution is -2.40. The van der Waals surface area contributed by atoms with Crippen molar-refractivity contribution in [2.45, 2.75) is 25.5 Å². The minimum absolute atomic E-state index is 0.0707. The van der Waals surface area contributed by atoms with E-state index < -0.39 is 15.9 Å². The first-order valence-corrected chi connectivity index (χ1v) is 9.21. The minimum Gasteiger partial charge on any atom is -0.438 e. The molecular formula is C15H19N3O6S. The zero-order valence-corrected chi connectivity index (χ0v) is 14.8. The Morgan fingerprint density at radius 2 is 2.00 bits per heavy atom. The molecule has 2 aromatic rings. The van der Waals surface area contributed by atoms with Gasteiger partial charge in [-0.15, -0.1) is 0 Å². The second-order valence-electron chi connectivity index (χ2n) is 5.62. The van der Waals surface area contributed by atoms with E-state index in [0.717, 1.165) is 5.56 Å². The third-order valence-electron chi connectivity index (χ3n) is 3.98. The standard InChI is InChI=1S/C15H19N3O6S/c1-10-12(11(2)24-17-10)9-16-15(19)13-3-4-14(23-13)25(20,21)18-5-7-22-8-6-18/h3-4H,5-9H2,1-2H3,(H,16,19). The molecule has 3 rings (SSSR count).